The summed E-state index contributed by atoms with van der Waals surface area (Å²) in [6.45, 7) is 13.6. The van der Waals surface area contributed by atoms with E-state index in [2.05, 4.69) is 70.2 Å². The summed E-state index contributed by atoms with van der Waals surface area (Å²) in [6.07, 6.45) is 8.03. The first-order valence-corrected chi connectivity index (χ1v) is 15.5. The van der Waals surface area contributed by atoms with Gasteiger partial charge in [0, 0.05) is 22.1 Å². The molecule has 3 N–H and O–H groups in total. The highest BCUT2D eigenvalue weighted by atomic mass is 79.9. The zero-order valence-electron chi connectivity index (χ0n) is 25.1. The predicted molar refractivity (Wildman–Crippen MR) is 170 cm³/mol. The Morgan fingerprint density at radius 2 is 1.74 bits per heavy atom. The largest absolute Gasteiger partial charge is 0.494 e. The van der Waals surface area contributed by atoms with Crippen molar-refractivity contribution in [3.05, 3.63) is 63.1 Å². The molecule has 0 spiro atoms. The second kappa shape index (κ2) is 20.5. The fourth-order valence-electron chi connectivity index (χ4n) is 4.43. The molecule has 39 heavy (non-hydrogen) atoms. The number of rotatable bonds is 16. The summed E-state index contributed by atoms with van der Waals surface area (Å²) in [4.78, 5) is 19.9. The average molecular weight is 604 g/mol. The predicted octanol–water partition coefficient (Wildman–Crippen LogP) is 7.17. The number of aliphatic imine (C=N–C) groups is 1. The van der Waals surface area contributed by atoms with Gasteiger partial charge in [-0.15, -0.1) is 0 Å². The van der Waals surface area contributed by atoms with Crippen LogP contribution in [0.2, 0.25) is 0 Å². The summed E-state index contributed by atoms with van der Waals surface area (Å²) < 4.78 is 6.98. The summed E-state index contributed by atoms with van der Waals surface area (Å²) in [5.41, 5.74) is 10.2. The lowest BCUT2D eigenvalue weighted by Crippen LogP contribution is -2.37. The number of nitrogens with one attached hydrogen (secondary N) is 1. The molecule has 1 amide bonds. The van der Waals surface area contributed by atoms with Crippen LogP contribution in [0, 0.1) is 0 Å². The zero-order valence-corrected chi connectivity index (χ0v) is 26.7. The Hall–Kier alpha value is -2.38. The van der Waals surface area contributed by atoms with Gasteiger partial charge in [-0.3, -0.25) is 15.1 Å². The molecule has 2 aromatic rings. The second-order valence-electron chi connectivity index (χ2n) is 9.46. The van der Waals surface area contributed by atoms with Crippen molar-refractivity contribution in [1.29, 1.82) is 0 Å². The molecule has 7 heteroatoms. The van der Waals surface area contributed by atoms with Crippen LogP contribution in [0.25, 0.3) is 0 Å². The molecule has 0 saturated heterocycles. The molecular formula is C32H51BrN4O2. The molecule has 0 aliphatic carbocycles. The molecule has 0 aliphatic rings. The fourth-order valence-corrected chi connectivity index (χ4v) is 4.84. The molecule has 2 rings (SSSR count). The van der Waals surface area contributed by atoms with Crippen LogP contribution in [0.4, 0.5) is 0 Å². The van der Waals surface area contributed by atoms with Crippen LogP contribution in [0.1, 0.15) is 93.8 Å². The van der Waals surface area contributed by atoms with Gasteiger partial charge < -0.3 is 15.4 Å². The van der Waals surface area contributed by atoms with Crippen LogP contribution in [-0.2, 0) is 19.3 Å². The monoisotopic (exact) mass is 602 g/mol. The lowest BCUT2D eigenvalue weighted by atomic mass is 9.94. The van der Waals surface area contributed by atoms with E-state index >= 15 is 0 Å². The molecule has 0 atom stereocenters. The highest BCUT2D eigenvalue weighted by molar-refractivity contribution is 9.10. The molecule has 0 fully saturated rings. The maximum atomic E-state index is 13.2. The van der Waals surface area contributed by atoms with E-state index in [9.17, 15) is 4.79 Å². The van der Waals surface area contributed by atoms with Crippen molar-refractivity contribution >= 4 is 27.8 Å². The van der Waals surface area contributed by atoms with Gasteiger partial charge in [0.2, 0.25) is 0 Å². The normalized spacial score (nSPS) is 11.2. The summed E-state index contributed by atoms with van der Waals surface area (Å²) in [5.74, 6) is 0.654. The fraction of sp³-hybridized carbons (Fsp3) is 0.562. The van der Waals surface area contributed by atoms with Crippen LogP contribution in [0.3, 0.4) is 0 Å². The minimum Gasteiger partial charge on any atom is -0.494 e. The molecule has 2 aromatic carbocycles. The molecule has 218 valence electrons. The Morgan fingerprint density at radius 1 is 0.974 bits per heavy atom. The van der Waals surface area contributed by atoms with Gasteiger partial charge in [0.05, 0.1) is 6.61 Å². The van der Waals surface area contributed by atoms with Crippen LogP contribution >= 0.6 is 15.9 Å². The molecule has 0 heterocycles. The number of halogens is 1. The van der Waals surface area contributed by atoms with Gasteiger partial charge in [0.25, 0.3) is 5.91 Å². The number of benzene rings is 2. The molecule has 0 aliphatic heterocycles. The Labute approximate surface area is 245 Å². The molecule has 0 saturated carbocycles. The number of hydrogen-bond donors (Lipinski definition) is 2. The van der Waals surface area contributed by atoms with Crippen molar-refractivity contribution < 1.29 is 9.53 Å². The second-order valence-corrected chi connectivity index (χ2v) is 10.4. The number of unbranched alkanes of at least 4 members (excludes halogenated alkanes) is 2. The van der Waals surface area contributed by atoms with E-state index in [0.29, 0.717) is 25.1 Å². The zero-order chi connectivity index (χ0) is 29.0. The third kappa shape index (κ3) is 13.0. The number of ether oxygens (including phenoxy) is 1. The van der Waals surface area contributed by atoms with Crippen LogP contribution in [-0.4, -0.2) is 50.1 Å². The molecular weight excluding hydrogens is 552 g/mol. The van der Waals surface area contributed by atoms with Crippen LogP contribution in [0.15, 0.2) is 45.9 Å². The number of hydrogen-bond acceptors (Lipinski definition) is 4. The van der Waals surface area contributed by atoms with Gasteiger partial charge in [0.1, 0.15) is 5.75 Å². The molecule has 0 unspecified atom stereocenters. The van der Waals surface area contributed by atoms with Crippen molar-refractivity contribution in [2.24, 2.45) is 10.7 Å². The molecule has 0 aromatic heterocycles. The molecule has 6 nitrogen and oxygen atoms in total. The van der Waals surface area contributed by atoms with E-state index in [4.69, 9.17) is 10.5 Å². The van der Waals surface area contributed by atoms with E-state index in [0.717, 1.165) is 73.8 Å². The third-order valence-corrected chi connectivity index (χ3v) is 6.86. The third-order valence-electron chi connectivity index (χ3n) is 6.37. The van der Waals surface area contributed by atoms with Gasteiger partial charge >= 0.3 is 0 Å². The summed E-state index contributed by atoms with van der Waals surface area (Å²) >= 11 is 3.62. The van der Waals surface area contributed by atoms with Crippen molar-refractivity contribution in [1.82, 2.24) is 10.2 Å². The van der Waals surface area contributed by atoms with E-state index in [-0.39, 0.29) is 11.9 Å². The quantitative estimate of drug-likeness (QED) is 0.121. The number of guanidine groups is 1. The van der Waals surface area contributed by atoms with E-state index in [1.165, 1.54) is 11.1 Å². The van der Waals surface area contributed by atoms with E-state index in [1.54, 1.807) is 0 Å². The standard InChI is InChI=1S/C30H45BrN4O2.C2H6/c1-5-8-12-23-15-17-25(31)22-24(23)16-18-26-27(13-11-14-28(26)37-7-3)29(36)34-30(32)33-19-9-10-21-35(4)20-6-2;1-2/h11,13-15,17,22H,5-10,12,16,18-21H2,1-4H3,(H3,32,33,34,36);1-2H3. The molecule has 0 bridgehead atoms. The van der Waals surface area contributed by atoms with Crippen molar-refractivity contribution in [2.45, 2.75) is 86.0 Å². The Morgan fingerprint density at radius 3 is 2.44 bits per heavy atom. The number of nitrogens with zero attached hydrogens (tertiary/aromatic N) is 2. The summed E-state index contributed by atoms with van der Waals surface area (Å²) in [5, 5.41) is 2.79. The van der Waals surface area contributed by atoms with Crippen LogP contribution < -0.4 is 15.8 Å². The van der Waals surface area contributed by atoms with Crippen molar-refractivity contribution in [3.63, 3.8) is 0 Å². The smallest absolute Gasteiger partial charge is 0.258 e. The van der Waals surface area contributed by atoms with Gasteiger partial charge in [-0.1, -0.05) is 62.2 Å². The van der Waals surface area contributed by atoms with Crippen molar-refractivity contribution in [2.75, 3.05) is 33.3 Å². The van der Waals surface area contributed by atoms with Crippen molar-refractivity contribution in [3.8, 4) is 5.75 Å². The number of carbonyl (C=O) groups excluding carboxylic acids is 1. The Balaban J connectivity index is 0.00000371. The first-order valence-electron chi connectivity index (χ1n) is 14.7. The number of nitrogens with two attached hydrogens (primary N) is 1. The van der Waals surface area contributed by atoms with E-state index < -0.39 is 0 Å². The SMILES string of the molecule is CC.CCCCc1ccc(Br)cc1CCc1c(OCC)cccc1C(=O)NC(N)=NCCCCN(C)CCC. The van der Waals surface area contributed by atoms with Crippen LogP contribution in [0.5, 0.6) is 5.75 Å². The van der Waals surface area contributed by atoms with Gasteiger partial charge in [0.15, 0.2) is 5.96 Å². The lowest BCUT2D eigenvalue weighted by molar-refractivity contribution is 0.0975. The first kappa shape index (κ1) is 34.6. The number of carbonyl (C=O) groups is 1. The lowest BCUT2D eigenvalue weighted by Gasteiger charge is -2.16. The average Bonchev–Trinajstić information content (AvgIpc) is 2.93. The van der Waals surface area contributed by atoms with E-state index in [1.807, 2.05) is 39.0 Å². The summed E-state index contributed by atoms with van der Waals surface area (Å²) in [7, 11) is 2.14. The number of aryl methyl sites for hydroxylation is 2. The Kier molecular flexibility index (Phi) is 18.2. The maximum absolute atomic E-state index is 13.2. The maximum Gasteiger partial charge on any atom is 0.258 e. The molecule has 0 radical (unpaired) electrons. The Bertz CT molecular complexity index is 1010. The minimum atomic E-state index is -0.249. The topological polar surface area (TPSA) is 79.9 Å². The highest BCUT2D eigenvalue weighted by Gasteiger charge is 2.17. The first-order chi connectivity index (χ1) is 18.9. The van der Waals surface area contributed by atoms with Gasteiger partial charge in [-0.05, 0) is 107 Å². The minimum absolute atomic E-state index is 0.161. The highest BCUT2D eigenvalue weighted by Crippen LogP contribution is 2.27. The van der Waals surface area contributed by atoms with Gasteiger partial charge in [-0.2, -0.15) is 0 Å². The van der Waals surface area contributed by atoms with Gasteiger partial charge in [-0.25, -0.2) is 0 Å². The number of amides is 1. The summed E-state index contributed by atoms with van der Waals surface area (Å²) in [6, 6.07) is 12.1.